The van der Waals surface area contributed by atoms with Crippen molar-refractivity contribution >= 4 is 21.9 Å². The van der Waals surface area contributed by atoms with Gasteiger partial charge < -0.3 is 14.2 Å². The summed E-state index contributed by atoms with van der Waals surface area (Å²) >= 11 is 3.44. The van der Waals surface area contributed by atoms with Gasteiger partial charge in [-0.25, -0.2) is 4.79 Å². The molecule has 0 atom stereocenters. The molecule has 0 radical (unpaired) electrons. The zero-order chi connectivity index (χ0) is 15.2. The average Bonchev–Trinajstić information content (AvgIpc) is 2.53. The van der Waals surface area contributed by atoms with Crippen molar-refractivity contribution in [2.75, 3.05) is 14.2 Å². The highest BCUT2D eigenvalue weighted by atomic mass is 79.9. The van der Waals surface area contributed by atoms with E-state index in [1.54, 1.807) is 19.2 Å². The van der Waals surface area contributed by atoms with E-state index in [4.69, 9.17) is 9.47 Å². The van der Waals surface area contributed by atoms with Gasteiger partial charge in [-0.1, -0.05) is 18.2 Å². The number of esters is 1. The van der Waals surface area contributed by atoms with Gasteiger partial charge in [-0.3, -0.25) is 0 Å². The minimum Gasteiger partial charge on any atom is -0.493 e. The fourth-order valence-corrected chi connectivity index (χ4v) is 2.26. The van der Waals surface area contributed by atoms with Crippen molar-refractivity contribution in [3.05, 3.63) is 58.1 Å². The number of carbonyl (C=O) groups excluding carboxylic acids is 1. The van der Waals surface area contributed by atoms with E-state index in [0.717, 1.165) is 10.0 Å². The molecule has 0 amide bonds. The Morgan fingerprint density at radius 3 is 2.43 bits per heavy atom. The molecule has 0 spiro atoms. The Morgan fingerprint density at radius 1 is 1.10 bits per heavy atom. The molecule has 21 heavy (non-hydrogen) atoms. The van der Waals surface area contributed by atoms with Gasteiger partial charge in [0.1, 0.15) is 6.61 Å². The Labute approximate surface area is 131 Å². The summed E-state index contributed by atoms with van der Waals surface area (Å²) in [6, 6.07) is 12.7. The maximum atomic E-state index is 11.4. The summed E-state index contributed by atoms with van der Waals surface area (Å²) in [6.45, 7) is 0.375. The van der Waals surface area contributed by atoms with Crippen molar-refractivity contribution in [2.24, 2.45) is 0 Å². The van der Waals surface area contributed by atoms with Gasteiger partial charge in [-0.15, -0.1) is 0 Å². The SMILES string of the molecule is COC(=O)c1ccc(COc2c(Br)cccc2OC)cc1. The predicted molar refractivity (Wildman–Crippen MR) is 82.8 cm³/mol. The fraction of sp³-hybridized carbons (Fsp3) is 0.188. The van der Waals surface area contributed by atoms with Crippen LogP contribution in [0.25, 0.3) is 0 Å². The van der Waals surface area contributed by atoms with E-state index in [1.165, 1.54) is 7.11 Å². The van der Waals surface area contributed by atoms with Crippen LogP contribution in [0.5, 0.6) is 11.5 Å². The van der Waals surface area contributed by atoms with E-state index in [1.807, 2.05) is 30.3 Å². The van der Waals surface area contributed by atoms with Crippen molar-refractivity contribution in [3.63, 3.8) is 0 Å². The molecule has 2 aromatic rings. The first kappa shape index (κ1) is 15.4. The molecule has 0 saturated carbocycles. The molecular weight excluding hydrogens is 336 g/mol. The number of rotatable bonds is 5. The number of ether oxygens (including phenoxy) is 3. The number of para-hydroxylation sites is 1. The van der Waals surface area contributed by atoms with Crippen LogP contribution in [0.15, 0.2) is 46.9 Å². The maximum Gasteiger partial charge on any atom is 0.337 e. The first-order chi connectivity index (χ1) is 10.2. The van der Waals surface area contributed by atoms with Crippen LogP contribution in [0, 0.1) is 0 Å². The molecule has 2 rings (SSSR count). The number of benzene rings is 2. The Balaban J connectivity index is 2.08. The third-order valence-corrected chi connectivity index (χ3v) is 3.53. The zero-order valence-corrected chi connectivity index (χ0v) is 13.3. The Bertz CT molecular complexity index is 623. The van der Waals surface area contributed by atoms with Gasteiger partial charge in [0.05, 0.1) is 24.3 Å². The lowest BCUT2D eigenvalue weighted by atomic mass is 10.1. The Hall–Kier alpha value is -2.01. The summed E-state index contributed by atoms with van der Waals surface area (Å²) in [5, 5.41) is 0. The van der Waals surface area contributed by atoms with Gasteiger partial charge in [-0.2, -0.15) is 0 Å². The average molecular weight is 351 g/mol. The lowest BCUT2D eigenvalue weighted by Crippen LogP contribution is -2.02. The molecule has 4 nitrogen and oxygen atoms in total. The summed E-state index contributed by atoms with van der Waals surface area (Å²) in [5.41, 5.74) is 1.46. The third-order valence-electron chi connectivity index (χ3n) is 2.91. The van der Waals surface area contributed by atoms with Crippen LogP contribution >= 0.6 is 15.9 Å². The molecule has 0 aliphatic carbocycles. The molecule has 0 unspecified atom stereocenters. The maximum absolute atomic E-state index is 11.4. The quantitative estimate of drug-likeness (QED) is 0.769. The highest BCUT2D eigenvalue weighted by molar-refractivity contribution is 9.10. The van der Waals surface area contributed by atoms with Crippen LogP contribution in [0.4, 0.5) is 0 Å². The smallest absolute Gasteiger partial charge is 0.337 e. The zero-order valence-electron chi connectivity index (χ0n) is 11.8. The van der Waals surface area contributed by atoms with Crippen molar-refractivity contribution in [2.45, 2.75) is 6.61 Å². The van der Waals surface area contributed by atoms with E-state index >= 15 is 0 Å². The molecule has 0 heterocycles. The molecular formula is C16H15BrO4. The normalized spacial score (nSPS) is 10.0. The van der Waals surface area contributed by atoms with E-state index in [2.05, 4.69) is 20.7 Å². The second kappa shape index (κ2) is 7.13. The van der Waals surface area contributed by atoms with Gasteiger partial charge >= 0.3 is 5.97 Å². The lowest BCUT2D eigenvalue weighted by molar-refractivity contribution is 0.0600. The predicted octanol–water partition coefficient (Wildman–Crippen LogP) is 3.82. The van der Waals surface area contributed by atoms with E-state index in [0.29, 0.717) is 23.7 Å². The summed E-state index contributed by atoms with van der Waals surface area (Å²) in [5.74, 6) is 0.961. The number of methoxy groups -OCH3 is 2. The second-order valence-corrected chi connectivity index (χ2v) is 5.10. The van der Waals surface area contributed by atoms with Gasteiger partial charge in [-0.05, 0) is 45.8 Å². The summed E-state index contributed by atoms with van der Waals surface area (Å²) in [4.78, 5) is 11.4. The molecule has 110 valence electrons. The standard InChI is InChI=1S/C16H15BrO4/c1-19-14-5-3-4-13(17)15(14)21-10-11-6-8-12(9-7-11)16(18)20-2/h3-9H,10H2,1-2H3. The molecule has 2 aromatic carbocycles. The monoisotopic (exact) mass is 350 g/mol. The fourth-order valence-electron chi connectivity index (χ4n) is 1.80. The molecule has 0 saturated heterocycles. The molecule has 0 aromatic heterocycles. The van der Waals surface area contributed by atoms with Crippen molar-refractivity contribution < 1.29 is 19.0 Å². The molecule has 0 N–H and O–H groups in total. The minimum absolute atomic E-state index is 0.352. The largest absolute Gasteiger partial charge is 0.493 e. The van der Waals surface area contributed by atoms with Gasteiger partial charge in [0.2, 0.25) is 0 Å². The van der Waals surface area contributed by atoms with E-state index < -0.39 is 0 Å². The van der Waals surface area contributed by atoms with Crippen molar-refractivity contribution in [1.82, 2.24) is 0 Å². The second-order valence-electron chi connectivity index (χ2n) is 4.25. The molecule has 5 heteroatoms. The van der Waals surface area contributed by atoms with Crippen LogP contribution in [0.1, 0.15) is 15.9 Å². The number of carbonyl (C=O) groups is 1. The molecule has 0 aliphatic heterocycles. The van der Waals surface area contributed by atoms with E-state index in [9.17, 15) is 4.79 Å². The summed E-state index contributed by atoms with van der Waals surface area (Å²) < 4.78 is 16.5. The summed E-state index contributed by atoms with van der Waals surface area (Å²) in [6.07, 6.45) is 0. The first-order valence-corrected chi connectivity index (χ1v) is 7.07. The Kier molecular flexibility index (Phi) is 5.22. The van der Waals surface area contributed by atoms with Gasteiger partial charge in [0, 0.05) is 0 Å². The molecule has 0 aliphatic rings. The van der Waals surface area contributed by atoms with Crippen molar-refractivity contribution in [1.29, 1.82) is 0 Å². The van der Waals surface area contributed by atoms with Crippen molar-refractivity contribution in [3.8, 4) is 11.5 Å². The van der Waals surface area contributed by atoms with Crippen LogP contribution in [0.3, 0.4) is 0 Å². The number of hydrogen-bond donors (Lipinski definition) is 0. The number of halogens is 1. The van der Waals surface area contributed by atoms with Gasteiger partial charge in [0.15, 0.2) is 11.5 Å². The Morgan fingerprint density at radius 2 is 1.81 bits per heavy atom. The molecule has 0 fully saturated rings. The summed E-state index contributed by atoms with van der Waals surface area (Å²) in [7, 11) is 2.96. The van der Waals surface area contributed by atoms with Crippen LogP contribution in [-0.2, 0) is 11.3 Å². The number of hydrogen-bond acceptors (Lipinski definition) is 4. The third kappa shape index (κ3) is 3.76. The highest BCUT2D eigenvalue weighted by Gasteiger charge is 2.09. The van der Waals surface area contributed by atoms with Crippen LogP contribution < -0.4 is 9.47 Å². The highest BCUT2D eigenvalue weighted by Crippen LogP contribution is 2.35. The lowest BCUT2D eigenvalue weighted by Gasteiger charge is -2.12. The van der Waals surface area contributed by atoms with Crippen LogP contribution in [0.2, 0.25) is 0 Å². The topological polar surface area (TPSA) is 44.8 Å². The minimum atomic E-state index is -0.352. The van der Waals surface area contributed by atoms with E-state index in [-0.39, 0.29) is 5.97 Å². The van der Waals surface area contributed by atoms with Crippen LogP contribution in [-0.4, -0.2) is 20.2 Å². The first-order valence-electron chi connectivity index (χ1n) is 6.28. The molecule has 0 bridgehead atoms. The van der Waals surface area contributed by atoms with Gasteiger partial charge in [0.25, 0.3) is 0 Å².